The van der Waals surface area contributed by atoms with Gasteiger partial charge in [-0.2, -0.15) is 0 Å². The van der Waals surface area contributed by atoms with Crippen LogP contribution in [-0.2, 0) is 24.3 Å². The van der Waals surface area contributed by atoms with Gasteiger partial charge in [-0.1, -0.05) is 24.6 Å². The molecular formula is C29H34ClFN4O6S2. The number of benzene rings is 1. The topological polar surface area (TPSA) is 138 Å². The standard InChI is InChI=1S/C29H34ClFN4O6S2/c1-29(9-5-18(6-10-29)27(36)37)16-43(39,40)35-12-7-17(8-13-35)23-22(28(38)41-2)24(20-4-3-19(31)15-21(20)30)34-25(33-23)26-32-11-14-42-26/h3-4,11,14-15,17-18,24H,5-10,12-13,16H2,1-2H3,(H,33,34)(H,36,37). The van der Waals surface area contributed by atoms with Crippen molar-refractivity contribution in [2.45, 2.75) is 51.5 Å². The molecule has 2 aromatic rings. The molecule has 1 atom stereocenters. The summed E-state index contributed by atoms with van der Waals surface area (Å²) in [5, 5.41) is 15.1. The molecule has 1 aromatic heterocycles. The van der Waals surface area contributed by atoms with E-state index in [9.17, 15) is 27.5 Å². The molecule has 5 rings (SSSR count). The average Bonchev–Trinajstić information content (AvgIpc) is 3.51. The molecule has 1 unspecified atom stereocenters. The number of allylic oxidation sites excluding steroid dienone is 1. The number of methoxy groups -OCH3 is 1. The highest BCUT2D eigenvalue weighted by atomic mass is 35.5. The molecule has 0 amide bonds. The van der Waals surface area contributed by atoms with Gasteiger partial charge in [0.25, 0.3) is 0 Å². The second-order valence-electron chi connectivity index (χ2n) is 11.7. The van der Waals surface area contributed by atoms with Crippen LogP contribution in [0, 0.1) is 23.1 Å². The first-order valence-electron chi connectivity index (χ1n) is 14.1. The lowest BCUT2D eigenvalue weighted by Crippen LogP contribution is -2.46. The molecule has 14 heteroatoms. The fourth-order valence-electron chi connectivity index (χ4n) is 6.28. The highest BCUT2D eigenvalue weighted by Gasteiger charge is 2.42. The molecule has 1 aromatic carbocycles. The van der Waals surface area contributed by atoms with E-state index in [4.69, 9.17) is 21.3 Å². The van der Waals surface area contributed by atoms with E-state index < -0.39 is 45.2 Å². The number of carboxylic acids is 1. The first-order chi connectivity index (χ1) is 20.4. The Morgan fingerprint density at radius 3 is 2.51 bits per heavy atom. The zero-order chi connectivity index (χ0) is 30.9. The van der Waals surface area contributed by atoms with Crippen molar-refractivity contribution in [1.82, 2.24) is 14.6 Å². The van der Waals surface area contributed by atoms with Crippen LogP contribution in [0.5, 0.6) is 0 Å². The van der Waals surface area contributed by atoms with Crippen molar-refractivity contribution >= 4 is 50.7 Å². The zero-order valence-electron chi connectivity index (χ0n) is 23.9. The number of hydrogen-bond donors (Lipinski definition) is 2. The number of carbonyl (C=O) groups excluding carboxylic acids is 1. The summed E-state index contributed by atoms with van der Waals surface area (Å²) < 4.78 is 47.7. The first-order valence-corrected chi connectivity index (χ1v) is 17.0. The fraction of sp³-hybridized carbons (Fsp3) is 0.517. The van der Waals surface area contributed by atoms with E-state index in [1.165, 1.54) is 41.0 Å². The lowest BCUT2D eigenvalue weighted by atomic mass is 9.73. The van der Waals surface area contributed by atoms with Crippen LogP contribution < -0.4 is 5.32 Å². The molecule has 3 aliphatic rings. The molecule has 2 N–H and O–H groups in total. The van der Waals surface area contributed by atoms with Crippen molar-refractivity contribution in [3.63, 3.8) is 0 Å². The minimum atomic E-state index is -3.60. The third-order valence-corrected chi connectivity index (χ3v) is 12.0. The number of carboxylic acid groups (broad SMARTS) is 1. The summed E-state index contributed by atoms with van der Waals surface area (Å²) >= 11 is 7.81. The van der Waals surface area contributed by atoms with Crippen LogP contribution in [0.4, 0.5) is 4.39 Å². The van der Waals surface area contributed by atoms with Crippen LogP contribution in [0.2, 0.25) is 5.02 Å². The van der Waals surface area contributed by atoms with Gasteiger partial charge in [0.1, 0.15) is 11.9 Å². The highest BCUT2D eigenvalue weighted by Crippen LogP contribution is 2.42. The van der Waals surface area contributed by atoms with E-state index in [0.717, 1.165) is 0 Å². The van der Waals surface area contributed by atoms with Gasteiger partial charge in [-0.3, -0.25) is 9.79 Å². The number of esters is 1. The van der Waals surface area contributed by atoms with Crippen LogP contribution in [-0.4, -0.2) is 66.5 Å². The van der Waals surface area contributed by atoms with Crippen molar-refractivity contribution in [3.8, 4) is 0 Å². The number of piperidine rings is 1. The molecule has 2 fully saturated rings. The largest absolute Gasteiger partial charge is 0.481 e. The predicted octanol–water partition coefficient (Wildman–Crippen LogP) is 4.78. The third-order valence-electron chi connectivity index (χ3n) is 8.70. The number of sulfonamides is 1. The van der Waals surface area contributed by atoms with Crippen LogP contribution in [0.25, 0.3) is 0 Å². The van der Waals surface area contributed by atoms with Crippen molar-refractivity contribution in [2.24, 2.45) is 22.2 Å². The SMILES string of the molecule is COC(=O)C1=C(C2CCN(S(=O)(=O)CC3(C)CCC(C(=O)O)CC3)CC2)NC(c2nccs2)=NC1c1ccc(F)cc1Cl. The summed E-state index contributed by atoms with van der Waals surface area (Å²) in [6.07, 6.45) is 4.56. The molecular weight excluding hydrogens is 619 g/mol. The number of halogens is 2. The third kappa shape index (κ3) is 6.79. The summed E-state index contributed by atoms with van der Waals surface area (Å²) in [6.45, 7) is 2.44. The summed E-state index contributed by atoms with van der Waals surface area (Å²) in [4.78, 5) is 33.8. The second-order valence-corrected chi connectivity index (χ2v) is 15.0. The van der Waals surface area contributed by atoms with Crippen molar-refractivity contribution in [2.75, 3.05) is 26.0 Å². The Hall–Kier alpha value is -2.87. The van der Waals surface area contributed by atoms with Crippen LogP contribution >= 0.6 is 22.9 Å². The smallest absolute Gasteiger partial charge is 0.338 e. The number of carbonyl (C=O) groups is 2. The van der Waals surface area contributed by atoms with Crippen LogP contribution in [0.3, 0.4) is 0 Å². The fourth-order valence-corrected chi connectivity index (χ4v) is 9.26. The van der Waals surface area contributed by atoms with E-state index in [2.05, 4.69) is 10.3 Å². The van der Waals surface area contributed by atoms with E-state index in [1.54, 1.807) is 11.6 Å². The quantitative estimate of drug-likeness (QED) is 0.389. The Morgan fingerprint density at radius 2 is 1.93 bits per heavy atom. The van der Waals surface area contributed by atoms with Crippen LogP contribution in [0.15, 0.2) is 46.0 Å². The molecule has 0 bridgehead atoms. The molecule has 3 heterocycles. The number of thiazole rings is 1. The van der Waals surface area contributed by atoms with E-state index in [1.807, 2.05) is 6.92 Å². The summed E-state index contributed by atoms with van der Waals surface area (Å²) in [6, 6.07) is 3.04. The molecule has 232 valence electrons. The Bertz CT molecular complexity index is 1550. The number of hydrogen-bond acceptors (Lipinski definition) is 9. The van der Waals surface area contributed by atoms with Gasteiger partial charge < -0.3 is 15.2 Å². The molecule has 1 saturated carbocycles. The Balaban J connectivity index is 1.40. The molecule has 0 spiro atoms. The lowest BCUT2D eigenvalue weighted by molar-refractivity contribution is -0.143. The van der Waals surface area contributed by atoms with E-state index in [0.29, 0.717) is 60.6 Å². The Morgan fingerprint density at radius 1 is 1.23 bits per heavy atom. The van der Waals surface area contributed by atoms with Crippen LogP contribution in [0.1, 0.15) is 62.1 Å². The van der Waals surface area contributed by atoms with Gasteiger partial charge >= 0.3 is 11.9 Å². The molecule has 0 radical (unpaired) electrons. The number of nitrogens with one attached hydrogen (secondary N) is 1. The van der Waals surface area contributed by atoms with Crippen molar-refractivity contribution in [3.05, 3.63) is 62.5 Å². The van der Waals surface area contributed by atoms with E-state index >= 15 is 0 Å². The molecule has 10 nitrogen and oxygen atoms in total. The number of aromatic nitrogens is 1. The highest BCUT2D eigenvalue weighted by molar-refractivity contribution is 7.89. The number of ether oxygens (including phenoxy) is 1. The Kier molecular flexibility index (Phi) is 9.26. The minimum absolute atomic E-state index is 0.0304. The van der Waals surface area contributed by atoms with Gasteiger partial charge in [0.05, 0.1) is 24.4 Å². The number of aliphatic carboxylic acids is 1. The molecule has 1 saturated heterocycles. The predicted molar refractivity (Wildman–Crippen MR) is 161 cm³/mol. The monoisotopic (exact) mass is 652 g/mol. The minimum Gasteiger partial charge on any atom is -0.481 e. The van der Waals surface area contributed by atoms with Gasteiger partial charge in [0, 0.05) is 46.9 Å². The lowest BCUT2D eigenvalue weighted by Gasteiger charge is -2.39. The van der Waals surface area contributed by atoms with Gasteiger partial charge in [0.15, 0.2) is 10.8 Å². The average molecular weight is 653 g/mol. The summed E-state index contributed by atoms with van der Waals surface area (Å²) in [7, 11) is -2.33. The van der Waals surface area contributed by atoms with Crippen molar-refractivity contribution in [1.29, 1.82) is 0 Å². The Labute approximate surface area is 259 Å². The normalized spacial score (nSPS) is 25.6. The summed E-state index contributed by atoms with van der Waals surface area (Å²) in [5.41, 5.74) is 0.754. The maximum absolute atomic E-state index is 13.9. The second kappa shape index (κ2) is 12.6. The molecule has 1 aliphatic carbocycles. The zero-order valence-corrected chi connectivity index (χ0v) is 26.3. The van der Waals surface area contributed by atoms with Crippen molar-refractivity contribution < 1.29 is 32.2 Å². The summed E-state index contributed by atoms with van der Waals surface area (Å²) in [5.74, 6) is -2.20. The number of nitrogens with zero attached hydrogens (tertiary/aromatic N) is 3. The molecule has 2 aliphatic heterocycles. The number of amidine groups is 1. The maximum atomic E-state index is 13.9. The first kappa shape index (κ1) is 31.6. The van der Waals surface area contributed by atoms with Gasteiger partial charge in [-0.05, 0) is 56.1 Å². The number of aliphatic imine (C=N–C) groups is 1. The van der Waals surface area contributed by atoms with Gasteiger partial charge in [-0.15, -0.1) is 11.3 Å². The maximum Gasteiger partial charge on any atom is 0.338 e. The van der Waals surface area contributed by atoms with E-state index in [-0.39, 0.29) is 35.4 Å². The van der Waals surface area contributed by atoms with Gasteiger partial charge in [0.2, 0.25) is 10.0 Å². The molecule has 43 heavy (non-hydrogen) atoms. The van der Waals surface area contributed by atoms with Gasteiger partial charge in [-0.25, -0.2) is 26.9 Å². The number of rotatable bonds is 8.